The van der Waals surface area contributed by atoms with E-state index in [4.69, 9.17) is 0 Å². The molecule has 0 saturated carbocycles. The highest BCUT2D eigenvalue weighted by Gasteiger charge is 1.97. The quantitative estimate of drug-likeness (QED) is 0.552. The summed E-state index contributed by atoms with van der Waals surface area (Å²) < 4.78 is 0. The normalized spacial score (nSPS) is 9.80. The van der Waals surface area contributed by atoms with Crippen LogP contribution < -0.4 is 17.7 Å². The van der Waals surface area contributed by atoms with Crippen molar-refractivity contribution in [1.29, 1.82) is 0 Å². The SMILES string of the molecule is C=CCNCc1ccc(C(C)C)cc1.[Cl-]. The molecule has 0 aromatic heterocycles. The minimum absolute atomic E-state index is 0. The molecule has 0 fully saturated rings. The molecular formula is C13H19ClN-. The van der Waals surface area contributed by atoms with Gasteiger partial charge in [0.15, 0.2) is 0 Å². The molecule has 2 heteroatoms. The van der Waals surface area contributed by atoms with E-state index in [0.29, 0.717) is 5.92 Å². The molecule has 0 bridgehead atoms. The van der Waals surface area contributed by atoms with Gasteiger partial charge >= 0.3 is 0 Å². The summed E-state index contributed by atoms with van der Waals surface area (Å²) in [5.41, 5.74) is 2.73. The number of nitrogens with one attached hydrogen (secondary N) is 1. The molecule has 0 aliphatic heterocycles. The predicted molar refractivity (Wildman–Crippen MR) is 62.4 cm³/mol. The third kappa shape index (κ3) is 5.01. The molecule has 0 amide bonds. The number of benzene rings is 1. The average molecular weight is 225 g/mol. The average Bonchev–Trinajstić information content (AvgIpc) is 2.19. The van der Waals surface area contributed by atoms with Gasteiger partial charge in [0.25, 0.3) is 0 Å². The molecule has 1 N–H and O–H groups in total. The minimum atomic E-state index is 0. The highest BCUT2D eigenvalue weighted by molar-refractivity contribution is 5.24. The fraction of sp³-hybridized carbons (Fsp3) is 0.385. The topological polar surface area (TPSA) is 12.0 Å². The first-order valence-corrected chi connectivity index (χ1v) is 5.14. The Bertz CT molecular complexity index is 277. The molecule has 0 unspecified atom stereocenters. The van der Waals surface area contributed by atoms with Gasteiger partial charge in [-0.05, 0) is 17.0 Å². The van der Waals surface area contributed by atoms with E-state index in [-0.39, 0.29) is 12.4 Å². The highest BCUT2D eigenvalue weighted by atomic mass is 35.5. The van der Waals surface area contributed by atoms with E-state index in [1.807, 2.05) is 6.08 Å². The van der Waals surface area contributed by atoms with Crippen LogP contribution in [0.15, 0.2) is 36.9 Å². The maximum Gasteiger partial charge on any atom is 0.0208 e. The van der Waals surface area contributed by atoms with Crippen molar-refractivity contribution in [2.75, 3.05) is 6.54 Å². The molecule has 0 heterocycles. The third-order valence-electron chi connectivity index (χ3n) is 2.26. The van der Waals surface area contributed by atoms with Crippen LogP contribution >= 0.6 is 0 Å². The molecular weight excluding hydrogens is 206 g/mol. The van der Waals surface area contributed by atoms with E-state index >= 15 is 0 Å². The molecule has 1 nitrogen and oxygen atoms in total. The smallest absolute Gasteiger partial charge is 0.0208 e. The van der Waals surface area contributed by atoms with Crippen molar-refractivity contribution < 1.29 is 12.4 Å². The summed E-state index contributed by atoms with van der Waals surface area (Å²) in [6.07, 6.45) is 1.88. The third-order valence-corrected chi connectivity index (χ3v) is 2.26. The van der Waals surface area contributed by atoms with E-state index in [0.717, 1.165) is 13.1 Å². The summed E-state index contributed by atoms with van der Waals surface area (Å²) in [5, 5.41) is 3.28. The Labute approximate surface area is 99.0 Å². The van der Waals surface area contributed by atoms with Crippen LogP contribution in [0, 0.1) is 0 Å². The second kappa shape index (κ2) is 7.49. The molecule has 1 aromatic carbocycles. The van der Waals surface area contributed by atoms with Crippen LogP contribution in [0.1, 0.15) is 30.9 Å². The molecule has 0 atom stereocenters. The molecule has 0 radical (unpaired) electrons. The van der Waals surface area contributed by atoms with Crippen molar-refractivity contribution in [2.45, 2.75) is 26.3 Å². The molecule has 0 aliphatic rings. The Hall–Kier alpha value is -0.790. The predicted octanol–water partition coefficient (Wildman–Crippen LogP) is 0.0896. The summed E-state index contributed by atoms with van der Waals surface area (Å²) >= 11 is 0. The lowest BCUT2D eigenvalue weighted by molar-refractivity contribution is -0.00000307. The first-order valence-electron chi connectivity index (χ1n) is 5.14. The first-order chi connectivity index (χ1) is 6.74. The molecule has 0 saturated heterocycles. The maximum absolute atomic E-state index is 3.67. The van der Waals surface area contributed by atoms with Crippen LogP contribution in [0.2, 0.25) is 0 Å². The number of hydrogen-bond donors (Lipinski definition) is 1. The lowest BCUT2D eigenvalue weighted by Gasteiger charge is -2.07. The van der Waals surface area contributed by atoms with Crippen molar-refractivity contribution >= 4 is 0 Å². The maximum atomic E-state index is 3.67. The second-order valence-corrected chi connectivity index (χ2v) is 3.82. The van der Waals surface area contributed by atoms with Gasteiger partial charge in [0.1, 0.15) is 0 Å². The van der Waals surface area contributed by atoms with Crippen LogP contribution in [-0.4, -0.2) is 6.54 Å². The van der Waals surface area contributed by atoms with Crippen LogP contribution in [-0.2, 0) is 6.54 Å². The van der Waals surface area contributed by atoms with Crippen LogP contribution in [0.5, 0.6) is 0 Å². The summed E-state index contributed by atoms with van der Waals surface area (Å²) in [4.78, 5) is 0. The zero-order chi connectivity index (χ0) is 10.4. The van der Waals surface area contributed by atoms with Crippen molar-refractivity contribution in [3.63, 3.8) is 0 Å². The molecule has 0 aliphatic carbocycles. The van der Waals surface area contributed by atoms with Crippen molar-refractivity contribution in [1.82, 2.24) is 5.32 Å². The summed E-state index contributed by atoms with van der Waals surface area (Å²) in [5.74, 6) is 0.616. The standard InChI is InChI=1S/C13H19N.ClH/c1-4-9-14-10-12-5-7-13(8-6-12)11(2)3;/h4-8,11,14H,1,9-10H2,2-3H3;1H/p-1. The van der Waals surface area contributed by atoms with Gasteiger partial charge < -0.3 is 17.7 Å². The largest absolute Gasteiger partial charge is 1.00 e. The van der Waals surface area contributed by atoms with E-state index in [2.05, 4.69) is 50.0 Å². The Morgan fingerprint density at radius 1 is 1.27 bits per heavy atom. The minimum Gasteiger partial charge on any atom is -1.00 e. The molecule has 1 rings (SSSR count). The number of rotatable bonds is 5. The van der Waals surface area contributed by atoms with Gasteiger partial charge in [-0.15, -0.1) is 6.58 Å². The fourth-order valence-electron chi connectivity index (χ4n) is 1.34. The lowest BCUT2D eigenvalue weighted by Crippen LogP contribution is -3.00. The Kier molecular flexibility index (Phi) is 7.10. The fourth-order valence-corrected chi connectivity index (χ4v) is 1.34. The van der Waals surface area contributed by atoms with Crippen molar-refractivity contribution in [2.24, 2.45) is 0 Å². The molecule has 0 spiro atoms. The lowest BCUT2D eigenvalue weighted by atomic mass is 10.0. The summed E-state index contributed by atoms with van der Waals surface area (Å²) in [6.45, 7) is 9.88. The first kappa shape index (κ1) is 14.2. The number of hydrogen-bond acceptors (Lipinski definition) is 1. The van der Waals surface area contributed by atoms with Gasteiger partial charge in [0.05, 0.1) is 0 Å². The van der Waals surface area contributed by atoms with Crippen molar-refractivity contribution in [3.05, 3.63) is 48.0 Å². The van der Waals surface area contributed by atoms with Crippen LogP contribution in [0.3, 0.4) is 0 Å². The molecule has 15 heavy (non-hydrogen) atoms. The van der Waals surface area contributed by atoms with Crippen LogP contribution in [0.4, 0.5) is 0 Å². The van der Waals surface area contributed by atoms with Gasteiger partial charge in [0, 0.05) is 13.1 Å². The zero-order valence-corrected chi connectivity index (χ0v) is 10.2. The van der Waals surface area contributed by atoms with E-state index in [9.17, 15) is 0 Å². The van der Waals surface area contributed by atoms with E-state index in [1.165, 1.54) is 11.1 Å². The van der Waals surface area contributed by atoms with E-state index < -0.39 is 0 Å². The van der Waals surface area contributed by atoms with E-state index in [1.54, 1.807) is 0 Å². The Morgan fingerprint density at radius 2 is 1.87 bits per heavy atom. The van der Waals surface area contributed by atoms with Gasteiger partial charge in [-0.1, -0.05) is 44.2 Å². The van der Waals surface area contributed by atoms with Gasteiger partial charge in [-0.3, -0.25) is 0 Å². The van der Waals surface area contributed by atoms with Gasteiger partial charge in [-0.2, -0.15) is 0 Å². The molecule has 84 valence electrons. The Morgan fingerprint density at radius 3 is 2.33 bits per heavy atom. The number of halogens is 1. The van der Waals surface area contributed by atoms with Gasteiger partial charge in [-0.25, -0.2) is 0 Å². The summed E-state index contributed by atoms with van der Waals surface area (Å²) in [6, 6.07) is 8.78. The highest BCUT2D eigenvalue weighted by Crippen LogP contribution is 2.14. The monoisotopic (exact) mass is 224 g/mol. The van der Waals surface area contributed by atoms with Gasteiger partial charge in [0.2, 0.25) is 0 Å². The zero-order valence-electron chi connectivity index (χ0n) is 9.46. The second-order valence-electron chi connectivity index (χ2n) is 3.82. The van der Waals surface area contributed by atoms with Crippen LogP contribution in [0.25, 0.3) is 0 Å². The summed E-state index contributed by atoms with van der Waals surface area (Å²) in [7, 11) is 0. The Balaban J connectivity index is 0.00000196. The molecule has 1 aromatic rings. The van der Waals surface area contributed by atoms with Crippen molar-refractivity contribution in [3.8, 4) is 0 Å².